The van der Waals surface area contributed by atoms with Crippen LogP contribution in [-0.4, -0.2) is 27.6 Å². The highest BCUT2D eigenvalue weighted by Crippen LogP contribution is 2.28. The maximum absolute atomic E-state index is 12.0. The van der Waals surface area contributed by atoms with Gasteiger partial charge < -0.3 is 10.4 Å². The zero-order valence-corrected chi connectivity index (χ0v) is 11.6. The topological polar surface area (TPSA) is 92.5 Å². The number of amides is 1. The molecule has 0 aromatic heterocycles. The number of hydrogen-bond acceptors (Lipinski definition) is 4. The molecule has 0 heterocycles. The van der Waals surface area contributed by atoms with E-state index in [-0.39, 0.29) is 16.3 Å². The average molecular weight is 287 g/mol. The van der Waals surface area contributed by atoms with Crippen molar-refractivity contribution in [1.82, 2.24) is 5.32 Å². The van der Waals surface area contributed by atoms with Crippen molar-refractivity contribution in [2.45, 2.75) is 32.4 Å². The first-order chi connectivity index (χ1) is 8.66. The number of nitrogens with one attached hydrogen (secondary N) is 1. The van der Waals surface area contributed by atoms with Gasteiger partial charge in [0, 0.05) is 6.07 Å². The van der Waals surface area contributed by atoms with E-state index in [0.29, 0.717) is 0 Å². The van der Waals surface area contributed by atoms with Crippen molar-refractivity contribution in [2.24, 2.45) is 0 Å². The van der Waals surface area contributed by atoms with Crippen LogP contribution in [0.15, 0.2) is 18.2 Å². The molecule has 1 aromatic rings. The lowest BCUT2D eigenvalue weighted by molar-refractivity contribution is -0.384. The molecule has 0 fully saturated rings. The van der Waals surface area contributed by atoms with Gasteiger partial charge in [0.05, 0.1) is 22.1 Å². The average Bonchev–Trinajstić information content (AvgIpc) is 2.27. The second-order valence-corrected chi connectivity index (χ2v) is 5.13. The molecule has 0 bridgehead atoms. The summed E-state index contributed by atoms with van der Waals surface area (Å²) in [5.74, 6) is -0.570. The van der Waals surface area contributed by atoms with E-state index in [4.69, 9.17) is 11.6 Å². The molecule has 19 heavy (non-hydrogen) atoms. The van der Waals surface area contributed by atoms with Crippen LogP contribution in [0.1, 0.15) is 31.1 Å². The maximum atomic E-state index is 12.0. The Kier molecular flexibility index (Phi) is 4.49. The Morgan fingerprint density at radius 2 is 2.11 bits per heavy atom. The lowest BCUT2D eigenvalue weighted by Gasteiger charge is -2.29. The standard InChI is InChI=1S/C12H15ClN2O4/c1-7(16)12(2,3)14-11(17)8-5-4-6-9(10(8)13)15(18)19/h4-7,16H,1-3H3,(H,14,17). The lowest BCUT2D eigenvalue weighted by atomic mass is 9.98. The highest BCUT2D eigenvalue weighted by Gasteiger charge is 2.28. The van der Waals surface area contributed by atoms with Crippen LogP contribution >= 0.6 is 11.6 Å². The van der Waals surface area contributed by atoms with Gasteiger partial charge in [0.1, 0.15) is 5.02 Å². The van der Waals surface area contributed by atoms with E-state index in [9.17, 15) is 20.0 Å². The van der Waals surface area contributed by atoms with Crippen LogP contribution in [0.25, 0.3) is 0 Å². The number of benzene rings is 1. The van der Waals surface area contributed by atoms with E-state index in [1.807, 2.05) is 0 Å². The number of halogens is 1. The molecule has 1 amide bonds. The van der Waals surface area contributed by atoms with Crippen molar-refractivity contribution in [3.63, 3.8) is 0 Å². The Balaban J connectivity index is 3.08. The van der Waals surface area contributed by atoms with E-state index in [1.165, 1.54) is 25.1 Å². The lowest BCUT2D eigenvalue weighted by Crippen LogP contribution is -2.51. The summed E-state index contributed by atoms with van der Waals surface area (Å²) in [6.45, 7) is 4.82. The first kappa shape index (κ1) is 15.4. The predicted molar refractivity (Wildman–Crippen MR) is 71.3 cm³/mol. The first-order valence-corrected chi connectivity index (χ1v) is 5.98. The molecule has 0 aliphatic heterocycles. The Morgan fingerprint density at radius 3 is 2.58 bits per heavy atom. The summed E-state index contributed by atoms with van der Waals surface area (Å²) in [5.41, 5.74) is -1.20. The third-order valence-electron chi connectivity index (χ3n) is 2.90. The molecule has 0 radical (unpaired) electrons. The van der Waals surface area contributed by atoms with Gasteiger partial charge in [-0.15, -0.1) is 0 Å². The summed E-state index contributed by atoms with van der Waals surface area (Å²) in [5, 5.41) is 22.6. The molecule has 0 spiro atoms. The van der Waals surface area contributed by atoms with Gasteiger partial charge in [-0.05, 0) is 26.8 Å². The zero-order chi connectivity index (χ0) is 14.8. The molecule has 0 saturated carbocycles. The van der Waals surface area contributed by atoms with E-state index in [0.717, 1.165) is 0 Å². The van der Waals surface area contributed by atoms with Crippen LogP contribution < -0.4 is 5.32 Å². The minimum Gasteiger partial charge on any atom is -0.391 e. The monoisotopic (exact) mass is 286 g/mol. The minimum absolute atomic E-state index is 0.00425. The number of nitro benzene ring substituents is 1. The largest absolute Gasteiger partial charge is 0.391 e. The molecule has 1 atom stereocenters. The molecule has 0 saturated heterocycles. The number of nitrogens with zero attached hydrogens (tertiary/aromatic N) is 1. The number of carbonyl (C=O) groups excluding carboxylic acids is 1. The molecular weight excluding hydrogens is 272 g/mol. The minimum atomic E-state index is -0.870. The molecule has 0 aliphatic rings. The fraction of sp³-hybridized carbons (Fsp3) is 0.417. The molecule has 1 rings (SSSR count). The predicted octanol–water partition coefficient (Wildman–Crippen LogP) is 2.14. The number of rotatable bonds is 4. The second-order valence-electron chi connectivity index (χ2n) is 4.75. The maximum Gasteiger partial charge on any atom is 0.288 e. The summed E-state index contributed by atoms with van der Waals surface area (Å²) in [6.07, 6.45) is -0.783. The van der Waals surface area contributed by atoms with Gasteiger partial charge in [0.2, 0.25) is 0 Å². The highest BCUT2D eigenvalue weighted by molar-refractivity contribution is 6.35. The number of carbonyl (C=O) groups is 1. The van der Waals surface area contributed by atoms with Gasteiger partial charge in [-0.1, -0.05) is 17.7 Å². The SMILES string of the molecule is CC(O)C(C)(C)NC(=O)c1cccc([N+](=O)[O-])c1Cl. The highest BCUT2D eigenvalue weighted by atomic mass is 35.5. The molecule has 7 heteroatoms. The molecule has 104 valence electrons. The van der Waals surface area contributed by atoms with Crippen molar-refractivity contribution in [3.05, 3.63) is 38.9 Å². The summed E-state index contributed by atoms with van der Waals surface area (Å²) >= 11 is 5.84. The molecule has 1 unspecified atom stereocenters. The zero-order valence-electron chi connectivity index (χ0n) is 10.8. The third-order valence-corrected chi connectivity index (χ3v) is 3.30. The molecular formula is C12H15ClN2O4. The van der Waals surface area contributed by atoms with Crippen molar-refractivity contribution in [3.8, 4) is 0 Å². The molecule has 2 N–H and O–H groups in total. The fourth-order valence-electron chi connectivity index (χ4n) is 1.30. The third kappa shape index (κ3) is 3.42. The van der Waals surface area contributed by atoms with Crippen molar-refractivity contribution in [2.75, 3.05) is 0 Å². The number of aliphatic hydroxyl groups is 1. The first-order valence-electron chi connectivity index (χ1n) is 5.60. The molecule has 6 nitrogen and oxygen atoms in total. The van der Waals surface area contributed by atoms with Crippen LogP contribution in [0.2, 0.25) is 5.02 Å². The Hall–Kier alpha value is -1.66. The Morgan fingerprint density at radius 1 is 1.53 bits per heavy atom. The summed E-state index contributed by atoms with van der Waals surface area (Å²) in [4.78, 5) is 22.1. The fourth-order valence-corrected chi connectivity index (χ4v) is 1.58. The number of aliphatic hydroxyl groups excluding tert-OH is 1. The van der Waals surface area contributed by atoms with Gasteiger partial charge >= 0.3 is 0 Å². The summed E-state index contributed by atoms with van der Waals surface area (Å²) < 4.78 is 0. The number of nitro groups is 1. The van der Waals surface area contributed by atoms with E-state index >= 15 is 0 Å². The quantitative estimate of drug-likeness (QED) is 0.655. The van der Waals surface area contributed by atoms with Gasteiger partial charge in [-0.2, -0.15) is 0 Å². The van der Waals surface area contributed by atoms with Gasteiger partial charge in [-0.3, -0.25) is 14.9 Å². The van der Waals surface area contributed by atoms with Crippen molar-refractivity contribution < 1.29 is 14.8 Å². The van der Waals surface area contributed by atoms with Crippen molar-refractivity contribution >= 4 is 23.2 Å². The van der Waals surface area contributed by atoms with Crippen LogP contribution in [0.4, 0.5) is 5.69 Å². The van der Waals surface area contributed by atoms with E-state index < -0.39 is 22.5 Å². The van der Waals surface area contributed by atoms with Gasteiger partial charge in [0.25, 0.3) is 11.6 Å². The van der Waals surface area contributed by atoms with E-state index in [2.05, 4.69) is 5.32 Å². The summed E-state index contributed by atoms with van der Waals surface area (Å²) in [6, 6.07) is 4.00. The number of hydrogen-bond donors (Lipinski definition) is 2. The van der Waals surface area contributed by atoms with Crippen LogP contribution in [0.5, 0.6) is 0 Å². The van der Waals surface area contributed by atoms with Crippen LogP contribution in [0, 0.1) is 10.1 Å². The van der Waals surface area contributed by atoms with Crippen LogP contribution in [-0.2, 0) is 0 Å². The van der Waals surface area contributed by atoms with Gasteiger partial charge in [0.15, 0.2) is 0 Å². The normalized spacial score (nSPS) is 12.9. The Labute approximate surface area is 115 Å². The van der Waals surface area contributed by atoms with Crippen molar-refractivity contribution in [1.29, 1.82) is 0 Å². The Bertz CT molecular complexity index is 514. The smallest absolute Gasteiger partial charge is 0.288 e. The molecule has 0 aliphatic carbocycles. The summed E-state index contributed by atoms with van der Waals surface area (Å²) in [7, 11) is 0. The molecule has 1 aromatic carbocycles. The van der Waals surface area contributed by atoms with Crippen LogP contribution in [0.3, 0.4) is 0 Å². The van der Waals surface area contributed by atoms with Gasteiger partial charge in [-0.25, -0.2) is 0 Å². The second kappa shape index (κ2) is 5.54. The van der Waals surface area contributed by atoms with E-state index in [1.54, 1.807) is 13.8 Å².